The molecule has 20 heavy (non-hydrogen) atoms. The fraction of sp³-hybridized carbons (Fsp3) is 0.600. The summed E-state index contributed by atoms with van der Waals surface area (Å²) in [6, 6.07) is 2.78. The fourth-order valence-corrected chi connectivity index (χ4v) is 2.95. The van der Waals surface area contributed by atoms with Gasteiger partial charge in [-0.3, -0.25) is 0 Å². The van der Waals surface area contributed by atoms with Gasteiger partial charge in [-0.1, -0.05) is 0 Å². The number of rotatable bonds is 5. The smallest absolute Gasteiger partial charge is 0.149 e. The van der Waals surface area contributed by atoms with Crippen LogP contribution in [0.25, 0.3) is 0 Å². The molecule has 1 aliphatic heterocycles. The molecule has 0 saturated carbocycles. The standard InChI is InChI=1S/C15H23F2N3/c1-19-6-4-12(9-19)10-20(2)15-13(16)7-11(3-5-18)8-14(15)17/h7-8,12H,3-6,9-10,18H2,1-2H3. The molecule has 1 unspecified atom stereocenters. The molecule has 1 saturated heterocycles. The molecule has 1 aromatic rings. The van der Waals surface area contributed by atoms with Gasteiger partial charge in [-0.15, -0.1) is 0 Å². The first kappa shape index (κ1) is 15.2. The number of likely N-dealkylation sites (tertiary alicyclic amines) is 1. The second-order valence-electron chi connectivity index (χ2n) is 5.74. The van der Waals surface area contributed by atoms with Gasteiger partial charge in [0, 0.05) is 20.1 Å². The van der Waals surface area contributed by atoms with Gasteiger partial charge in [-0.05, 0) is 56.6 Å². The highest BCUT2D eigenvalue weighted by Gasteiger charge is 2.23. The van der Waals surface area contributed by atoms with E-state index in [-0.39, 0.29) is 5.69 Å². The highest BCUT2D eigenvalue weighted by Crippen LogP contribution is 2.26. The lowest BCUT2D eigenvalue weighted by molar-refractivity contribution is 0.395. The number of hydrogen-bond acceptors (Lipinski definition) is 3. The van der Waals surface area contributed by atoms with E-state index in [4.69, 9.17) is 5.73 Å². The summed E-state index contributed by atoms with van der Waals surface area (Å²) >= 11 is 0. The first-order valence-electron chi connectivity index (χ1n) is 7.09. The van der Waals surface area contributed by atoms with Crippen LogP contribution in [0.2, 0.25) is 0 Å². The van der Waals surface area contributed by atoms with Gasteiger partial charge in [0.25, 0.3) is 0 Å². The molecule has 1 aliphatic rings. The molecule has 0 aromatic heterocycles. The first-order valence-corrected chi connectivity index (χ1v) is 7.09. The van der Waals surface area contributed by atoms with E-state index in [1.165, 1.54) is 12.1 Å². The summed E-state index contributed by atoms with van der Waals surface area (Å²) in [6.07, 6.45) is 1.57. The van der Waals surface area contributed by atoms with Crippen molar-refractivity contribution in [3.63, 3.8) is 0 Å². The molecule has 1 aromatic carbocycles. The van der Waals surface area contributed by atoms with Crippen LogP contribution in [0.3, 0.4) is 0 Å². The molecule has 1 fully saturated rings. The normalized spacial score (nSPS) is 19.6. The average molecular weight is 283 g/mol. The highest BCUT2D eigenvalue weighted by atomic mass is 19.1. The van der Waals surface area contributed by atoms with Crippen LogP contribution in [0.15, 0.2) is 12.1 Å². The van der Waals surface area contributed by atoms with Gasteiger partial charge in [0.15, 0.2) is 0 Å². The molecule has 0 radical (unpaired) electrons. The molecule has 2 N–H and O–H groups in total. The van der Waals surface area contributed by atoms with E-state index in [9.17, 15) is 8.78 Å². The summed E-state index contributed by atoms with van der Waals surface area (Å²) in [7, 11) is 3.82. The third kappa shape index (κ3) is 3.46. The number of benzene rings is 1. The van der Waals surface area contributed by atoms with Gasteiger partial charge in [0.2, 0.25) is 0 Å². The van der Waals surface area contributed by atoms with Crippen molar-refractivity contribution in [1.29, 1.82) is 0 Å². The quantitative estimate of drug-likeness (QED) is 0.895. The van der Waals surface area contributed by atoms with Crippen molar-refractivity contribution in [2.75, 3.05) is 45.2 Å². The third-order valence-corrected chi connectivity index (χ3v) is 3.91. The van der Waals surface area contributed by atoms with Crippen LogP contribution in [0, 0.1) is 17.6 Å². The molecular weight excluding hydrogens is 260 g/mol. The molecule has 5 heteroatoms. The predicted octanol–water partition coefficient (Wildman–Crippen LogP) is 1.85. The molecule has 1 atom stereocenters. The molecular formula is C15H23F2N3. The zero-order valence-electron chi connectivity index (χ0n) is 12.2. The van der Waals surface area contributed by atoms with Crippen LogP contribution in [-0.4, -0.2) is 45.2 Å². The maximum absolute atomic E-state index is 14.1. The predicted molar refractivity (Wildman–Crippen MR) is 78.0 cm³/mol. The SMILES string of the molecule is CN1CCC(CN(C)c2c(F)cc(CCN)cc2F)C1. The second kappa shape index (κ2) is 6.50. The van der Waals surface area contributed by atoms with E-state index in [2.05, 4.69) is 11.9 Å². The van der Waals surface area contributed by atoms with Crippen molar-refractivity contribution >= 4 is 5.69 Å². The van der Waals surface area contributed by atoms with Gasteiger partial charge < -0.3 is 15.5 Å². The summed E-state index contributed by atoms with van der Waals surface area (Å²) in [5.74, 6) is -0.530. The number of halogens is 2. The molecule has 3 nitrogen and oxygen atoms in total. The maximum Gasteiger partial charge on any atom is 0.149 e. The Bertz CT molecular complexity index is 441. The highest BCUT2D eigenvalue weighted by molar-refractivity contribution is 5.50. The summed E-state index contributed by atoms with van der Waals surface area (Å²) in [4.78, 5) is 3.94. The Labute approximate surface area is 119 Å². The van der Waals surface area contributed by atoms with E-state index in [0.717, 1.165) is 19.5 Å². The molecule has 0 bridgehead atoms. The second-order valence-corrected chi connectivity index (χ2v) is 5.74. The van der Waals surface area contributed by atoms with Crippen LogP contribution in [0.5, 0.6) is 0 Å². The molecule has 0 spiro atoms. The Morgan fingerprint density at radius 1 is 1.35 bits per heavy atom. The summed E-state index contributed by atoms with van der Waals surface area (Å²) in [6.45, 7) is 3.11. The molecule has 0 amide bonds. The largest absolute Gasteiger partial charge is 0.370 e. The topological polar surface area (TPSA) is 32.5 Å². The minimum absolute atomic E-state index is 0.0697. The zero-order chi connectivity index (χ0) is 14.7. The molecule has 1 heterocycles. The monoisotopic (exact) mass is 283 g/mol. The van der Waals surface area contributed by atoms with Crippen molar-refractivity contribution in [1.82, 2.24) is 4.90 Å². The maximum atomic E-state index is 14.1. The first-order chi connectivity index (χ1) is 9.51. The lowest BCUT2D eigenvalue weighted by atomic mass is 10.1. The van der Waals surface area contributed by atoms with Gasteiger partial charge in [0.05, 0.1) is 0 Å². The Hall–Kier alpha value is -1.20. The van der Waals surface area contributed by atoms with E-state index >= 15 is 0 Å². The van der Waals surface area contributed by atoms with Crippen LogP contribution in [0.4, 0.5) is 14.5 Å². The minimum Gasteiger partial charge on any atom is -0.370 e. The van der Waals surface area contributed by atoms with E-state index in [0.29, 0.717) is 31.0 Å². The summed E-state index contributed by atoms with van der Waals surface area (Å²) in [5.41, 5.74) is 6.10. The number of anilines is 1. The average Bonchev–Trinajstić information content (AvgIpc) is 2.74. The third-order valence-electron chi connectivity index (χ3n) is 3.91. The van der Waals surface area contributed by atoms with Crippen molar-refractivity contribution in [3.8, 4) is 0 Å². The molecule has 2 rings (SSSR count). The lowest BCUT2D eigenvalue weighted by Crippen LogP contribution is -2.28. The molecule has 0 aliphatic carbocycles. The lowest BCUT2D eigenvalue weighted by Gasteiger charge is -2.24. The van der Waals surface area contributed by atoms with Gasteiger partial charge >= 0.3 is 0 Å². The Balaban J connectivity index is 2.11. The van der Waals surface area contributed by atoms with E-state index in [1.54, 1.807) is 11.9 Å². The number of nitrogens with zero attached hydrogens (tertiary/aromatic N) is 2. The van der Waals surface area contributed by atoms with Crippen LogP contribution in [0.1, 0.15) is 12.0 Å². The molecule has 112 valence electrons. The van der Waals surface area contributed by atoms with E-state index < -0.39 is 11.6 Å². The van der Waals surface area contributed by atoms with Crippen LogP contribution >= 0.6 is 0 Å². The number of hydrogen-bond donors (Lipinski definition) is 1. The Morgan fingerprint density at radius 2 is 2.00 bits per heavy atom. The van der Waals surface area contributed by atoms with E-state index in [1.807, 2.05) is 0 Å². The zero-order valence-corrected chi connectivity index (χ0v) is 12.2. The minimum atomic E-state index is -0.498. The summed E-state index contributed by atoms with van der Waals surface area (Å²) < 4.78 is 28.2. The van der Waals surface area contributed by atoms with Crippen molar-refractivity contribution < 1.29 is 8.78 Å². The van der Waals surface area contributed by atoms with Crippen LogP contribution < -0.4 is 10.6 Å². The van der Waals surface area contributed by atoms with Gasteiger partial charge in [-0.2, -0.15) is 0 Å². The van der Waals surface area contributed by atoms with Crippen LogP contribution in [-0.2, 0) is 6.42 Å². The Morgan fingerprint density at radius 3 is 2.50 bits per heavy atom. The van der Waals surface area contributed by atoms with Crippen molar-refractivity contribution in [2.24, 2.45) is 11.7 Å². The van der Waals surface area contributed by atoms with Gasteiger partial charge in [-0.25, -0.2) is 8.78 Å². The summed E-state index contributed by atoms with van der Waals surface area (Å²) in [5, 5.41) is 0. The van der Waals surface area contributed by atoms with Crippen molar-refractivity contribution in [3.05, 3.63) is 29.3 Å². The van der Waals surface area contributed by atoms with Crippen molar-refractivity contribution in [2.45, 2.75) is 12.8 Å². The van der Waals surface area contributed by atoms with Gasteiger partial charge in [0.1, 0.15) is 17.3 Å². The number of nitrogens with two attached hydrogens (primary N) is 1. The Kier molecular flexibility index (Phi) is 4.94. The fourth-order valence-electron chi connectivity index (χ4n) is 2.95.